The monoisotopic (exact) mass is 266 g/mol. The molecule has 1 aliphatic heterocycles. The fourth-order valence-corrected chi connectivity index (χ4v) is 2.83. The van der Waals surface area contributed by atoms with Gasteiger partial charge in [0, 0.05) is 18.3 Å². The zero-order chi connectivity index (χ0) is 13.7. The van der Waals surface area contributed by atoms with E-state index in [4.69, 9.17) is 0 Å². The maximum Gasteiger partial charge on any atom is 0.191 e. The van der Waals surface area contributed by atoms with Crippen LogP contribution in [0.4, 0.5) is 11.5 Å². The van der Waals surface area contributed by atoms with E-state index in [0.29, 0.717) is 0 Å². The third-order valence-corrected chi connectivity index (χ3v) is 3.78. The van der Waals surface area contributed by atoms with Crippen LogP contribution >= 0.6 is 0 Å². The standard InChI is InChI=1S/C15H14N4O/c1-9-2-3-10-4-5-19(12(10)6-9)15-14-11(16-8-17-15)7-13(20)18-14/h2-3,6-8,18,20H,4-5H2,1H3. The molecule has 5 nitrogen and oxygen atoms in total. The first-order valence-corrected chi connectivity index (χ1v) is 6.62. The molecule has 0 fully saturated rings. The summed E-state index contributed by atoms with van der Waals surface area (Å²) >= 11 is 0. The second-order valence-corrected chi connectivity index (χ2v) is 5.15. The highest BCUT2D eigenvalue weighted by molar-refractivity contribution is 5.90. The Morgan fingerprint density at radius 2 is 2.15 bits per heavy atom. The van der Waals surface area contributed by atoms with Crippen LogP contribution in [-0.2, 0) is 6.42 Å². The van der Waals surface area contributed by atoms with Gasteiger partial charge in [0.2, 0.25) is 0 Å². The van der Waals surface area contributed by atoms with E-state index < -0.39 is 0 Å². The van der Waals surface area contributed by atoms with Crippen LogP contribution < -0.4 is 4.90 Å². The summed E-state index contributed by atoms with van der Waals surface area (Å²) in [5.41, 5.74) is 5.26. The number of nitrogens with one attached hydrogen (secondary N) is 1. The van der Waals surface area contributed by atoms with Gasteiger partial charge in [-0.2, -0.15) is 0 Å². The number of aromatic amines is 1. The lowest BCUT2D eigenvalue weighted by Crippen LogP contribution is -2.15. The molecule has 3 heterocycles. The summed E-state index contributed by atoms with van der Waals surface area (Å²) < 4.78 is 0. The average molecular weight is 266 g/mol. The van der Waals surface area contributed by atoms with Gasteiger partial charge >= 0.3 is 0 Å². The first kappa shape index (κ1) is 11.3. The molecule has 0 unspecified atom stereocenters. The second kappa shape index (κ2) is 3.96. The molecule has 2 N–H and O–H groups in total. The molecule has 20 heavy (non-hydrogen) atoms. The molecule has 3 aromatic rings. The van der Waals surface area contributed by atoms with Crippen molar-refractivity contribution in [3.8, 4) is 5.88 Å². The molecule has 0 bridgehead atoms. The second-order valence-electron chi connectivity index (χ2n) is 5.15. The van der Waals surface area contributed by atoms with Crippen LogP contribution in [0.2, 0.25) is 0 Å². The zero-order valence-electron chi connectivity index (χ0n) is 11.1. The number of hydrogen-bond acceptors (Lipinski definition) is 4. The van der Waals surface area contributed by atoms with E-state index in [1.165, 1.54) is 16.8 Å². The van der Waals surface area contributed by atoms with Gasteiger partial charge in [-0.1, -0.05) is 12.1 Å². The van der Waals surface area contributed by atoms with E-state index in [0.717, 1.165) is 29.8 Å². The van der Waals surface area contributed by atoms with Crippen LogP contribution in [0.5, 0.6) is 5.88 Å². The Kier molecular flexibility index (Phi) is 2.24. The SMILES string of the molecule is Cc1ccc2c(c1)N(c1ncnc3cc(O)[nH]c13)CC2. The normalized spacial score (nSPS) is 13.9. The van der Waals surface area contributed by atoms with Crippen molar-refractivity contribution in [3.05, 3.63) is 41.7 Å². The molecular formula is C15H14N4O. The van der Waals surface area contributed by atoms with Crippen molar-refractivity contribution >= 4 is 22.5 Å². The number of rotatable bonds is 1. The number of aromatic nitrogens is 3. The van der Waals surface area contributed by atoms with Gasteiger partial charge in [0.15, 0.2) is 11.7 Å². The van der Waals surface area contributed by atoms with Crippen molar-refractivity contribution < 1.29 is 5.11 Å². The molecule has 0 amide bonds. The highest BCUT2D eigenvalue weighted by Crippen LogP contribution is 2.37. The number of aryl methyl sites for hydroxylation is 1. The summed E-state index contributed by atoms with van der Waals surface area (Å²) in [5.74, 6) is 0.935. The lowest BCUT2D eigenvalue weighted by Gasteiger charge is -2.19. The number of fused-ring (bicyclic) bond motifs is 2. The topological polar surface area (TPSA) is 65.0 Å². The Hall–Kier alpha value is -2.56. The van der Waals surface area contributed by atoms with Crippen LogP contribution in [0.3, 0.4) is 0 Å². The molecule has 0 saturated carbocycles. The van der Waals surface area contributed by atoms with Crippen molar-refractivity contribution in [2.24, 2.45) is 0 Å². The van der Waals surface area contributed by atoms with Gasteiger partial charge in [0.1, 0.15) is 11.8 Å². The molecule has 1 aromatic carbocycles. The quantitative estimate of drug-likeness (QED) is 0.710. The van der Waals surface area contributed by atoms with Gasteiger partial charge in [-0.15, -0.1) is 0 Å². The highest BCUT2D eigenvalue weighted by atomic mass is 16.3. The smallest absolute Gasteiger partial charge is 0.191 e. The lowest BCUT2D eigenvalue weighted by molar-refractivity contribution is 0.458. The summed E-state index contributed by atoms with van der Waals surface area (Å²) in [7, 11) is 0. The van der Waals surface area contributed by atoms with Crippen LogP contribution in [-0.4, -0.2) is 26.6 Å². The summed E-state index contributed by atoms with van der Waals surface area (Å²) in [6.45, 7) is 2.98. The molecule has 0 spiro atoms. The predicted molar refractivity (Wildman–Crippen MR) is 77.4 cm³/mol. The molecule has 100 valence electrons. The number of H-pyrrole nitrogens is 1. The largest absolute Gasteiger partial charge is 0.495 e. The van der Waals surface area contributed by atoms with Gasteiger partial charge in [0.05, 0.1) is 5.52 Å². The minimum atomic E-state index is 0.116. The van der Waals surface area contributed by atoms with Gasteiger partial charge in [0.25, 0.3) is 0 Å². The third kappa shape index (κ3) is 1.56. The first-order chi connectivity index (χ1) is 9.72. The maximum absolute atomic E-state index is 9.62. The van der Waals surface area contributed by atoms with Gasteiger partial charge in [-0.3, -0.25) is 0 Å². The summed E-state index contributed by atoms with van der Waals surface area (Å²) in [6.07, 6.45) is 2.55. The maximum atomic E-state index is 9.62. The molecule has 2 aromatic heterocycles. The lowest BCUT2D eigenvalue weighted by atomic mass is 10.1. The van der Waals surface area contributed by atoms with E-state index in [-0.39, 0.29) is 5.88 Å². The van der Waals surface area contributed by atoms with E-state index in [1.807, 2.05) is 0 Å². The fraction of sp³-hybridized carbons (Fsp3) is 0.200. The van der Waals surface area contributed by atoms with Crippen molar-refractivity contribution in [3.63, 3.8) is 0 Å². The third-order valence-electron chi connectivity index (χ3n) is 3.78. The Labute approximate surface area is 115 Å². The molecule has 0 atom stereocenters. The van der Waals surface area contributed by atoms with Gasteiger partial charge in [-0.05, 0) is 30.5 Å². The molecule has 0 radical (unpaired) electrons. The molecular weight excluding hydrogens is 252 g/mol. The fourth-order valence-electron chi connectivity index (χ4n) is 2.83. The van der Waals surface area contributed by atoms with Crippen LogP contribution in [0.15, 0.2) is 30.6 Å². The number of hydrogen-bond donors (Lipinski definition) is 2. The van der Waals surface area contributed by atoms with E-state index in [1.54, 1.807) is 12.4 Å². The summed E-state index contributed by atoms with van der Waals surface area (Å²) in [4.78, 5) is 13.7. The van der Waals surface area contributed by atoms with E-state index >= 15 is 0 Å². The number of nitrogens with zero attached hydrogens (tertiary/aromatic N) is 3. The van der Waals surface area contributed by atoms with E-state index in [9.17, 15) is 5.11 Å². The Morgan fingerprint density at radius 1 is 1.25 bits per heavy atom. The van der Waals surface area contributed by atoms with Crippen molar-refractivity contribution in [2.75, 3.05) is 11.4 Å². The minimum absolute atomic E-state index is 0.116. The molecule has 4 rings (SSSR count). The Bertz CT molecular complexity index is 809. The Balaban J connectivity index is 1.92. The molecule has 5 heteroatoms. The number of anilines is 2. The van der Waals surface area contributed by atoms with Gasteiger partial charge in [-0.25, -0.2) is 9.97 Å². The average Bonchev–Trinajstić information content (AvgIpc) is 3.00. The van der Waals surface area contributed by atoms with Crippen LogP contribution in [0.1, 0.15) is 11.1 Å². The molecule has 1 aliphatic rings. The molecule has 0 saturated heterocycles. The van der Waals surface area contributed by atoms with Gasteiger partial charge < -0.3 is 15.0 Å². The van der Waals surface area contributed by atoms with Crippen LogP contribution in [0, 0.1) is 6.92 Å². The number of benzene rings is 1. The highest BCUT2D eigenvalue weighted by Gasteiger charge is 2.23. The van der Waals surface area contributed by atoms with Crippen molar-refractivity contribution in [1.29, 1.82) is 0 Å². The summed E-state index contributed by atoms with van der Waals surface area (Å²) in [5, 5.41) is 9.62. The minimum Gasteiger partial charge on any atom is -0.495 e. The predicted octanol–water partition coefficient (Wildman–Crippen LogP) is 2.67. The first-order valence-electron chi connectivity index (χ1n) is 6.62. The Morgan fingerprint density at radius 3 is 3.05 bits per heavy atom. The van der Waals surface area contributed by atoms with Crippen molar-refractivity contribution in [1.82, 2.24) is 15.0 Å². The van der Waals surface area contributed by atoms with Crippen LogP contribution in [0.25, 0.3) is 11.0 Å². The molecule has 0 aliphatic carbocycles. The zero-order valence-corrected chi connectivity index (χ0v) is 11.1. The van der Waals surface area contributed by atoms with Crippen molar-refractivity contribution in [2.45, 2.75) is 13.3 Å². The van der Waals surface area contributed by atoms with E-state index in [2.05, 4.69) is 45.0 Å². The summed E-state index contributed by atoms with van der Waals surface area (Å²) in [6, 6.07) is 8.11. The number of aromatic hydroxyl groups is 1.